The Balaban J connectivity index is 0. The van der Waals surface area contributed by atoms with Crippen LogP contribution in [0.15, 0.2) is 97.3 Å². The lowest BCUT2D eigenvalue weighted by atomic mass is 10.2. The van der Waals surface area contributed by atoms with Gasteiger partial charge in [0.05, 0.1) is 0 Å². The van der Waals surface area contributed by atoms with E-state index < -0.39 is 0 Å². The third-order valence-corrected chi connectivity index (χ3v) is 2.68. The molecule has 2 nitrogen and oxygen atoms in total. The van der Waals surface area contributed by atoms with Gasteiger partial charge in [0.15, 0.2) is 0 Å². The maximum atomic E-state index is 12.8. The zero-order valence-electron chi connectivity index (χ0n) is 16.4. The normalized spacial score (nSPS) is 9.19. The molecule has 0 heterocycles. The third kappa shape index (κ3) is 13.5. The number of allylic oxidation sites excluding steroid dienone is 7. The highest BCUT2D eigenvalue weighted by Gasteiger charge is 2.00. The predicted octanol–water partition coefficient (Wildman–Crippen LogP) is 7.23. The van der Waals surface area contributed by atoms with E-state index in [2.05, 4.69) is 31.6 Å². The van der Waals surface area contributed by atoms with Gasteiger partial charge in [-0.3, -0.25) is 0 Å². The van der Waals surface area contributed by atoms with Gasteiger partial charge in [-0.05, 0) is 58.0 Å². The van der Waals surface area contributed by atoms with E-state index in [1.54, 1.807) is 18.2 Å². The van der Waals surface area contributed by atoms with Crippen LogP contribution in [0.1, 0.15) is 27.7 Å². The molecule has 0 unspecified atom stereocenters. The van der Waals surface area contributed by atoms with E-state index in [1.165, 1.54) is 23.9 Å². The molecule has 1 rings (SSSR count). The van der Waals surface area contributed by atoms with Crippen LogP contribution in [0, 0.1) is 11.2 Å². The smallest absolute Gasteiger partial charge is 0.123 e. The molecule has 0 bridgehead atoms. The molecule has 26 heavy (non-hydrogen) atoms. The van der Waals surface area contributed by atoms with E-state index in [9.17, 15) is 4.39 Å². The lowest BCUT2D eigenvalue weighted by Crippen LogP contribution is -2.02. The van der Waals surface area contributed by atoms with Gasteiger partial charge < -0.3 is 10.7 Å². The lowest BCUT2D eigenvalue weighted by molar-refractivity contribution is 0.628. The number of hydrogen-bond donors (Lipinski definition) is 2. The van der Waals surface area contributed by atoms with Crippen LogP contribution in [0.2, 0.25) is 0 Å². The van der Waals surface area contributed by atoms with Crippen LogP contribution in [0.4, 0.5) is 10.1 Å². The van der Waals surface area contributed by atoms with Crippen molar-refractivity contribution in [3.63, 3.8) is 0 Å². The zero-order chi connectivity index (χ0) is 20.5. The second-order valence-electron chi connectivity index (χ2n) is 5.61. The number of rotatable bonds is 6. The Bertz CT molecular complexity index is 654. The Morgan fingerprint density at radius 3 is 1.81 bits per heavy atom. The van der Waals surface area contributed by atoms with Crippen LogP contribution in [0.3, 0.4) is 0 Å². The highest BCUT2D eigenvalue weighted by molar-refractivity contribution is 5.83. The van der Waals surface area contributed by atoms with E-state index in [4.69, 9.17) is 5.41 Å². The fourth-order valence-electron chi connectivity index (χ4n) is 1.48. The first kappa shape index (κ1) is 25.3. The molecule has 140 valence electrons. The maximum absolute atomic E-state index is 12.8. The molecule has 0 aliphatic heterocycles. The summed E-state index contributed by atoms with van der Waals surface area (Å²) >= 11 is 0. The van der Waals surface area contributed by atoms with Gasteiger partial charge in [-0.2, -0.15) is 0 Å². The summed E-state index contributed by atoms with van der Waals surface area (Å²) in [6, 6.07) is 6.05. The molecular weight excluding hydrogens is 323 g/mol. The van der Waals surface area contributed by atoms with E-state index in [0.717, 1.165) is 17.0 Å². The van der Waals surface area contributed by atoms with Gasteiger partial charge in [0.1, 0.15) is 5.82 Å². The maximum Gasteiger partial charge on any atom is 0.123 e. The largest absolute Gasteiger partial charge is 0.355 e. The zero-order valence-corrected chi connectivity index (χ0v) is 16.4. The van der Waals surface area contributed by atoms with Gasteiger partial charge in [0.25, 0.3) is 0 Å². The number of halogens is 1. The van der Waals surface area contributed by atoms with Gasteiger partial charge in [-0.1, -0.05) is 42.5 Å². The Morgan fingerprint density at radius 1 is 0.962 bits per heavy atom. The summed E-state index contributed by atoms with van der Waals surface area (Å²) in [6.07, 6.45) is 8.73. The van der Waals surface area contributed by atoms with Crippen molar-refractivity contribution in [2.75, 3.05) is 5.32 Å². The lowest BCUT2D eigenvalue weighted by Gasteiger charge is -2.10. The molecular formula is C23H31FN2. The topological polar surface area (TPSA) is 35.9 Å². The molecule has 0 aliphatic carbocycles. The number of benzene rings is 1. The summed E-state index contributed by atoms with van der Waals surface area (Å²) < 4.78 is 12.8. The quantitative estimate of drug-likeness (QED) is 0.315. The first-order chi connectivity index (χ1) is 12.3. The number of hydrogen-bond acceptors (Lipinski definition) is 2. The predicted molar refractivity (Wildman–Crippen MR) is 116 cm³/mol. The fraction of sp³-hybridized carbons (Fsp3) is 0.174. The standard InChI is InChI=1S/C15H17FN2.C6H10.C2H4/c1-11(2)4-9-15(12(3)10-17)18-14-7-5-13(16)6-8-14;1-4-5-6(2)3;1-2/h4-10,17-18H,3H2,1-2H3;4-5H,1H2,2-3H3;1-2H2/b15-9+,17-10?;;. The van der Waals surface area contributed by atoms with Gasteiger partial charge in [0, 0.05) is 23.2 Å². The molecule has 1 aromatic carbocycles. The average molecular weight is 355 g/mol. The van der Waals surface area contributed by atoms with Gasteiger partial charge in [-0.25, -0.2) is 4.39 Å². The van der Waals surface area contributed by atoms with Crippen molar-refractivity contribution in [2.45, 2.75) is 27.7 Å². The molecule has 0 aromatic heterocycles. The van der Waals surface area contributed by atoms with Crippen LogP contribution in [0.25, 0.3) is 0 Å². The van der Waals surface area contributed by atoms with Crippen molar-refractivity contribution in [3.05, 3.63) is 103 Å². The summed E-state index contributed by atoms with van der Waals surface area (Å²) in [6.45, 7) is 21.4. The molecule has 0 saturated heterocycles. The Labute approximate surface area is 158 Å². The summed E-state index contributed by atoms with van der Waals surface area (Å²) in [7, 11) is 0. The molecule has 0 atom stereocenters. The minimum absolute atomic E-state index is 0.277. The van der Waals surface area contributed by atoms with E-state index in [0.29, 0.717) is 5.57 Å². The van der Waals surface area contributed by atoms with Crippen molar-refractivity contribution >= 4 is 11.9 Å². The monoisotopic (exact) mass is 354 g/mol. The fourth-order valence-corrected chi connectivity index (χ4v) is 1.48. The molecule has 3 heteroatoms. The Hall–Kier alpha value is -2.94. The molecule has 0 spiro atoms. The van der Waals surface area contributed by atoms with E-state index >= 15 is 0 Å². The SMILES string of the molecule is C=C.C=C(C=N)/C(=C\C=C(C)C)Nc1ccc(F)cc1.C=CC=C(C)C. The second-order valence-corrected chi connectivity index (χ2v) is 5.61. The van der Waals surface area contributed by atoms with Gasteiger partial charge in [-0.15, -0.1) is 13.2 Å². The van der Waals surface area contributed by atoms with E-state index in [1.807, 2.05) is 45.9 Å². The number of nitrogens with one attached hydrogen (secondary N) is 2. The van der Waals surface area contributed by atoms with Gasteiger partial charge in [0.2, 0.25) is 0 Å². The Kier molecular flexibility index (Phi) is 15.2. The molecule has 0 radical (unpaired) electrons. The minimum Gasteiger partial charge on any atom is -0.355 e. The third-order valence-electron chi connectivity index (χ3n) is 2.68. The first-order valence-corrected chi connectivity index (χ1v) is 8.13. The van der Waals surface area contributed by atoms with Crippen molar-refractivity contribution in [1.29, 1.82) is 5.41 Å². The molecule has 0 aliphatic rings. The van der Waals surface area contributed by atoms with Crippen molar-refractivity contribution in [3.8, 4) is 0 Å². The molecule has 0 saturated carbocycles. The highest BCUT2D eigenvalue weighted by atomic mass is 19.1. The van der Waals surface area contributed by atoms with Crippen LogP contribution in [0.5, 0.6) is 0 Å². The van der Waals surface area contributed by atoms with Crippen LogP contribution in [-0.4, -0.2) is 6.21 Å². The van der Waals surface area contributed by atoms with Crippen molar-refractivity contribution in [2.24, 2.45) is 0 Å². The number of anilines is 1. The highest BCUT2D eigenvalue weighted by Crippen LogP contribution is 2.15. The van der Waals surface area contributed by atoms with Gasteiger partial charge >= 0.3 is 0 Å². The van der Waals surface area contributed by atoms with E-state index in [-0.39, 0.29) is 5.82 Å². The summed E-state index contributed by atoms with van der Waals surface area (Å²) in [4.78, 5) is 0. The second kappa shape index (κ2) is 15.6. The summed E-state index contributed by atoms with van der Waals surface area (Å²) in [5, 5.41) is 10.4. The Morgan fingerprint density at radius 2 is 1.46 bits per heavy atom. The summed E-state index contributed by atoms with van der Waals surface area (Å²) in [5.74, 6) is -0.277. The summed E-state index contributed by atoms with van der Waals surface area (Å²) in [5.41, 5.74) is 4.48. The van der Waals surface area contributed by atoms with Crippen LogP contribution >= 0.6 is 0 Å². The minimum atomic E-state index is -0.277. The molecule has 0 amide bonds. The molecule has 1 aromatic rings. The molecule has 0 fully saturated rings. The first-order valence-electron chi connectivity index (χ1n) is 8.13. The average Bonchev–Trinajstić information content (AvgIpc) is 2.61. The van der Waals surface area contributed by atoms with Crippen molar-refractivity contribution in [1.82, 2.24) is 0 Å². The molecule has 2 N–H and O–H groups in total. The van der Waals surface area contributed by atoms with Crippen molar-refractivity contribution < 1.29 is 4.39 Å². The van der Waals surface area contributed by atoms with Crippen LogP contribution in [-0.2, 0) is 0 Å². The van der Waals surface area contributed by atoms with Crippen LogP contribution < -0.4 is 5.32 Å².